The quantitative estimate of drug-likeness (QED) is 0.0308. The summed E-state index contributed by atoms with van der Waals surface area (Å²) in [6, 6.07) is 82.3. The molecular formula is C94H94N6O10. The maximum absolute atomic E-state index is 9.94. The van der Waals surface area contributed by atoms with Crippen molar-refractivity contribution in [2.75, 3.05) is 0 Å². The molecule has 13 aromatic rings. The summed E-state index contributed by atoms with van der Waals surface area (Å²) >= 11 is 0. The number of unbranched alkanes of at least 4 members (excludes halogenated alkanes) is 6. The monoisotopic (exact) mass is 1470 g/mol. The molecule has 0 saturated heterocycles. The third kappa shape index (κ3) is 20.0. The molecule has 16 heteroatoms. The molecule has 16 nitrogen and oxygen atoms in total. The van der Waals surface area contributed by atoms with E-state index in [2.05, 4.69) is 129 Å². The topological polar surface area (TPSA) is 214 Å². The average Bonchev–Trinajstić information content (AvgIpc) is 0.767. The van der Waals surface area contributed by atoms with Crippen LogP contribution in [0.3, 0.4) is 0 Å². The molecule has 1 unspecified atom stereocenters. The van der Waals surface area contributed by atoms with Crippen LogP contribution in [0.25, 0.3) is 0 Å². The van der Waals surface area contributed by atoms with Gasteiger partial charge in [-0.1, -0.05) is 229 Å². The highest BCUT2D eigenvalue weighted by Gasteiger charge is 2.28. The van der Waals surface area contributed by atoms with Gasteiger partial charge in [0.1, 0.15) is 76.5 Å². The number of hydrogen-bond acceptors (Lipinski definition) is 16. The number of phenolic OH excluding ortho intramolecular Hbond substituents is 4. The van der Waals surface area contributed by atoms with Gasteiger partial charge >= 0.3 is 0 Å². The van der Waals surface area contributed by atoms with Crippen LogP contribution in [0, 0.1) is 0 Å². The van der Waals surface area contributed by atoms with E-state index in [0.717, 1.165) is 57.3 Å². The standard InChI is InChI=1S/C60H62N4O6.C34H32N2O4/c1-6-7-8-9-10-11-12-13-54(42-14-26-48(65)27-15-42)43-16-30-50(31-17-43)67-55-38-56(62-40-61-55)68-52-34-22-46(23-35-52)60(4,5)47-24-36-53(37-25-47)70-58-39-57(63-41-64-58)69-51-32-20-45(21-33-51)59(2,3)44-18-28-49(66)29-19-44;1-33(2,23-5-13-27(37)14-6-23)25-9-17-29(18-10-25)39-31-21-32(36-22-35-31)40-30-19-11-26(12-20-30)34(3,4)24-7-15-28(38)16-8-24/h14-41,54,65-66H,6-13H2,1-5H3;5-22,37-38H,1-4H3. The van der Waals surface area contributed by atoms with Crippen LogP contribution in [0.5, 0.6) is 92.8 Å². The molecule has 10 aromatic carbocycles. The summed E-state index contributed by atoms with van der Waals surface area (Å²) < 4.78 is 36.5. The highest BCUT2D eigenvalue weighted by atomic mass is 16.5. The Balaban J connectivity index is 0.000000238. The van der Waals surface area contributed by atoms with Gasteiger partial charge in [-0.05, 0) is 183 Å². The Morgan fingerprint density at radius 1 is 0.245 bits per heavy atom. The van der Waals surface area contributed by atoms with Gasteiger partial charge in [-0.2, -0.15) is 0 Å². The SMILES string of the molecule is CC(C)(c1ccc(O)cc1)c1ccc(Oc2cc(Oc3ccc(C(C)(C)c4ccc(O)cc4)cc3)ncn2)cc1.CCCCCCCCCC(c1ccc(O)cc1)c1ccc(Oc2cc(Oc3ccc(C(C)(C)c4ccc(Oc5cc(Oc6ccc(C(C)(C)c7ccc(O)cc7)cc6)ncn5)cc4)cc3)ncn2)cc1. The van der Waals surface area contributed by atoms with Gasteiger partial charge in [-0.25, -0.2) is 29.9 Å². The first-order valence-electron chi connectivity index (χ1n) is 37.4. The van der Waals surface area contributed by atoms with Crippen molar-refractivity contribution in [3.63, 3.8) is 0 Å². The van der Waals surface area contributed by atoms with E-state index in [1.807, 2.05) is 158 Å². The molecule has 0 bridgehead atoms. The summed E-state index contributed by atoms with van der Waals surface area (Å²) in [7, 11) is 0. The summed E-state index contributed by atoms with van der Waals surface area (Å²) in [5.41, 5.74) is 10.2. The van der Waals surface area contributed by atoms with Crippen LogP contribution in [-0.4, -0.2) is 50.3 Å². The second kappa shape index (κ2) is 35.0. The van der Waals surface area contributed by atoms with Gasteiger partial charge in [-0.3, -0.25) is 0 Å². The lowest BCUT2D eigenvalue weighted by molar-refractivity contribution is 0.432. The second-order valence-electron chi connectivity index (χ2n) is 29.6. The van der Waals surface area contributed by atoms with E-state index < -0.39 is 0 Å². The maximum Gasteiger partial charge on any atom is 0.226 e. The predicted octanol–water partition coefficient (Wildman–Crippen LogP) is 23.9. The number of benzene rings is 10. The van der Waals surface area contributed by atoms with Crippen molar-refractivity contribution in [2.45, 2.75) is 141 Å². The number of ether oxygens (including phenoxy) is 6. The smallest absolute Gasteiger partial charge is 0.226 e. The molecule has 110 heavy (non-hydrogen) atoms. The number of phenols is 4. The van der Waals surface area contributed by atoms with Crippen LogP contribution in [0.15, 0.2) is 280 Å². The molecule has 3 heterocycles. The van der Waals surface area contributed by atoms with Crippen molar-refractivity contribution < 1.29 is 48.8 Å². The number of nitrogens with zero attached hydrogens (tertiary/aromatic N) is 6. The molecule has 0 aliphatic heterocycles. The van der Waals surface area contributed by atoms with Crippen molar-refractivity contribution in [1.82, 2.24) is 29.9 Å². The largest absolute Gasteiger partial charge is 0.508 e. The van der Waals surface area contributed by atoms with Crippen LogP contribution in [0.4, 0.5) is 0 Å². The molecule has 0 aliphatic rings. The highest BCUT2D eigenvalue weighted by molar-refractivity contribution is 5.49. The number of hydrogen-bond donors (Lipinski definition) is 4. The van der Waals surface area contributed by atoms with Gasteiger partial charge in [0, 0.05) is 27.6 Å². The van der Waals surface area contributed by atoms with Crippen LogP contribution in [0.2, 0.25) is 0 Å². The molecular weight excluding hydrogens is 1370 g/mol. The number of aromatic hydroxyl groups is 4. The molecule has 0 saturated carbocycles. The molecule has 0 fully saturated rings. The van der Waals surface area contributed by atoms with Gasteiger partial charge in [0.15, 0.2) is 0 Å². The van der Waals surface area contributed by atoms with E-state index in [4.69, 9.17) is 28.4 Å². The zero-order chi connectivity index (χ0) is 77.3. The molecule has 0 spiro atoms. The van der Waals surface area contributed by atoms with Gasteiger partial charge < -0.3 is 48.8 Å². The Morgan fingerprint density at radius 3 is 0.655 bits per heavy atom. The first-order chi connectivity index (χ1) is 53.0. The van der Waals surface area contributed by atoms with E-state index in [0.29, 0.717) is 69.8 Å². The Morgan fingerprint density at radius 2 is 0.427 bits per heavy atom. The fraction of sp³-hybridized carbons (Fsp3) is 0.234. The molecule has 560 valence electrons. The van der Waals surface area contributed by atoms with Gasteiger partial charge in [-0.15, -0.1) is 0 Å². The normalized spacial score (nSPS) is 11.9. The first kappa shape index (κ1) is 77.1. The number of rotatable bonds is 30. The Hall–Kier alpha value is -12.6. The van der Waals surface area contributed by atoms with E-state index in [-0.39, 0.29) is 50.6 Å². The van der Waals surface area contributed by atoms with Gasteiger partial charge in [0.05, 0.1) is 18.2 Å². The van der Waals surface area contributed by atoms with Crippen molar-refractivity contribution in [1.29, 1.82) is 0 Å². The summed E-state index contributed by atoms with van der Waals surface area (Å²) in [5, 5.41) is 38.9. The second-order valence-corrected chi connectivity index (χ2v) is 29.6. The van der Waals surface area contributed by atoms with Crippen LogP contribution < -0.4 is 28.4 Å². The summed E-state index contributed by atoms with van der Waals surface area (Å²) in [5.74, 6) is 7.35. The minimum absolute atomic E-state index is 0.226. The zero-order valence-corrected chi connectivity index (χ0v) is 63.7. The van der Waals surface area contributed by atoms with Crippen LogP contribution in [-0.2, 0) is 21.7 Å². The molecule has 0 amide bonds. The lowest BCUT2D eigenvalue weighted by atomic mass is 9.78. The van der Waals surface area contributed by atoms with Crippen molar-refractivity contribution in [3.05, 3.63) is 335 Å². The molecule has 3 aromatic heterocycles. The summed E-state index contributed by atoms with van der Waals surface area (Å²) in [4.78, 5) is 25.8. The maximum atomic E-state index is 9.94. The summed E-state index contributed by atoms with van der Waals surface area (Å²) in [6.45, 7) is 19.5. The fourth-order valence-electron chi connectivity index (χ4n) is 13.3. The third-order valence-electron chi connectivity index (χ3n) is 20.5. The van der Waals surface area contributed by atoms with E-state index in [1.54, 1.807) is 66.7 Å². The highest BCUT2D eigenvalue weighted by Crippen LogP contribution is 2.41. The Kier molecular flexibility index (Phi) is 24.5. The van der Waals surface area contributed by atoms with Crippen molar-refractivity contribution in [2.24, 2.45) is 0 Å². The molecule has 4 N–H and O–H groups in total. The molecule has 1 atom stereocenters. The molecule has 0 aliphatic carbocycles. The summed E-state index contributed by atoms with van der Waals surface area (Å²) in [6.07, 6.45) is 14.1. The lowest BCUT2D eigenvalue weighted by Gasteiger charge is -2.26. The molecule has 0 radical (unpaired) electrons. The van der Waals surface area contributed by atoms with Crippen LogP contribution in [0.1, 0.15) is 175 Å². The predicted molar refractivity (Wildman–Crippen MR) is 431 cm³/mol. The van der Waals surface area contributed by atoms with E-state index in [9.17, 15) is 20.4 Å². The van der Waals surface area contributed by atoms with Crippen molar-refractivity contribution >= 4 is 0 Å². The van der Waals surface area contributed by atoms with Crippen LogP contribution >= 0.6 is 0 Å². The molecule has 13 rings (SSSR count). The Labute approximate surface area is 644 Å². The zero-order valence-electron chi connectivity index (χ0n) is 63.7. The van der Waals surface area contributed by atoms with Gasteiger partial charge in [0.25, 0.3) is 0 Å². The van der Waals surface area contributed by atoms with E-state index >= 15 is 0 Å². The van der Waals surface area contributed by atoms with E-state index in [1.165, 1.54) is 68.6 Å². The van der Waals surface area contributed by atoms with Gasteiger partial charge in [0.2, 0.25) is 35.3 Å². The average molecular weight is 1470 g/mol. The third-order valence-corrected chi connectivity index (χ3v) is 20.5. The first-order valence-corrected chi connectivity index (χ1v) is 37.4. The lowest BCUT2D eigenvalue weighted by Crippen LogP contribution is -2.18. The Bertz CT molecular complexity index is 4960. The fourth-order valence-corrected chi connectivity index (χ4v) is 13.3. The number of aromatic nitrogens is 6. The minimum Gasteiger partial charge on any atom is -0.508 e. The minimum atomic E-state index is -0.328. The van der Waals surface area contributed by atoms with Crippen molar-refractivity contribution in [3.8, 4) is 92.8 Å².